The topological polar surface area (TPSA) is 23.8 Å². The van der Waals surface area contributed by atoms with Gasteiger partial charge in [0.2, 0.25) is 0 Å². The Labute approximate surface area is 118 Å². The van der Waals surface area contributed by atoms with Gasteiger partial charge in [0.25, 0.3) is 0 Å². The highest BCUT2D eigenvalue weighted by Crippen LogP contribution is 2.16. The van der Waals surface area contributed by atoms with Gasteiger partial charge in [-0.25, -0.2) is 0 Å². The molecule has 90 valence electrons. The van der Waals surface area contributed by atoms with Crippen LogP contribution in [0.1, 0.15) is 18.9 Å². The smallest absolute Gasteiger partial charge is 0.138 e. The number of allylic oxidation sites excluding steroid dienone is 4. The van der Waals surface area contributed by atoms with Crippen molar-refractivity contribution in [2.24, 2.45) is 0 Å². The summed E-state index contributed by atoms with van der Waals surface area (Å²) in [6, 6.07) is 7.67. The molecule has 19 heavy (non-hydrogen) atoms. The van der Waals surface area contributed by atoms with Crippen molar-refractivity contribution >= 4 is 11.8 Å². The minimum atomic E-state index is 0.698. The molecule has 1 nitrogen and oxygen atoms in total. The Morgan fingerprint density at radius 1 is 1.16 bits per heavy atom. The molecule has 1 aliphatic rings. The van der Waals surface area contributed by atoms with Crippen molar-refractivity contribution in [3.63, 3.8) is 0 Å². The van der Waals surface area contributed by atoms with E-state index < -0.39 is 0 Å². The largest absolute Gasteiger partial charge is 0.185 e. The van der Waals surface area contributed by atoms with Crippen molar-refractivity contribution in [2.45, 2.75) is 18.2 Å². The average molecular weight is 261 g/mol. The monoisotopic (exact) mass is 261 g/mol. The van der Waals surface area contributed by atoms with Gasteiger partial charge in [0.05, 0.1) is 0 Å². The average Bonchev–Trinajstić information content (AvgIpc) is 2.63. The van der Waals surface area contributed by atoms with Gasteiger partial charge in [0.15, 0.2) is 0 Å². The zero-order valence-electron chi connectivity index (χ0n) is 10.5. The first-order valence-corrected chi connectivity index (χ1v) is 6.64. The van der Waals surface area contributed by atoms with Crippen molar-refractivity contribution in [2.75, 3.05) is 0 Å². The molecule has 0 amide bonds. The molecule has 0 saturated heterocycles. The Morgan fingerprint density at radius 2 is 1.95 bits per heavy atom. The maximum Gasteiger partial charge on any atom is 0.138 e. The van der Waals surface area contributed by atoms with Crippen LogP contribution in [0.5, 0.6) is 0 Å². The van der Waals surface area contributed by atoms with Crippen LogP contribution >= 0.6 is 11.8 Å². The van der Waals surface area contributed by atoms with Crippen LogP contribution in [0.4, 0.5) is 0 Å². The Hall–Kier alpha value is -2.34. The maximum absolute atomic E-state index is 8.57. The molecule has 0 spiro atoms. The lowest BCUT2D eigenvalue weighted by atomic mass is 10.1. The molecular formula is C17H11NS. The third kappa shape index (κ3) is 4.11. The predicted octanol–water partition coefficient (Wildman–Crippen LogP) is 3.89. The predicted molar refractivity (Wildman–Crippen MR) is 79.0 cm³/mol. The van der Waals surface area contributed by atoms with E-state index in [-0.39, 0.29) is 0 Å². The second-order valence-corrected chi connectivity index (χ2v) is 4.85. The molecule has 0 fully saturated rings. The van der Waals surface area contributed by atoms with E-state index >= 15 is 0 Å². The van der Waals surface area contributed by atoms with Crippen LogP contribution in [0, 0.1) is 34.3 Å². The summed E-state index contributed by atoms with van der Waals surface area (Å²) in [7, 11) is 0. The SMILES string of the molecule is CC1=CC=C(C#Cc2ccc(SC#N)cc2)CC#C1. The number of nitrogens with zero attached hydrogens (tertiary/aromatic N) is 1. The zero-order valence-corrected chi connectivity index (χ0v) is 11.3. The molecule has 1 aromatic carbocycles. The molecule has 0 aromatic heterocycles. The van der Waals surface area contributed by atoms with E-state index in [0.717, 1.165) is 33.4 Å². The summed E-state index contributed by atoms with van der Waals surface area (Å²) in [5.74, 6) is 12.4. The van der Waals surface area contributed by atoms with Gasteiger partial charge >= 0.3 is 0 Å². The highest BCUT2D eigenvalue weighted by molar-refractivity contribution is 8.03. The van der Waals surface area contributed by atoms with Crippen LogP contribution < -0.4 is 0 Å². The van der Waals surface area contributed by atoms with E-state index in [0.29, 0.717) is 6.42 Å². The van der Waals surface area contributed by atoms with Gasteiger partial charge in [-0.2, -0.15) is 5.26 Å². The minimum absolute atomic E-state index is 0.698. The van der Waals surface area contributed by atoms with E-state index in [9.17, 15) is 0 Å². The molecule has 0 bridgehead atoms. The number of hydrogen-bond acceptors (Lipinski definition) is 2. The molecular weight excluding hydrogens is 250 g/mol. The van der Waals surface area contributed by atoms with Gasteiger partial charge in [-0.1, -0.05) is 23.7 Å². The summed E-state index contributed by atoms with van der Waals surface area (Å²) in [6.07, 6.45) is 4.70. The van der Waals surface area contributed by atoms with Crippen molar-refractivity contribution < 1.29 is 0 Å². The number of rotatable bonds is 1. The first-order valence-electron chi connectivity index (χ1n) is 5.82. The quantitative estimate of drug-likeness (QED) is 0.435. The fraction of sp³-hybridized carbons (Fsp3) is 0.118. The van der Waals surface area contributed by atoms with Gasteiger partial charge < -0.3 is 0 Å². The Kier molecular flexibility index (Phi) is 4.52. The second-order valence-electron chi connectivity index (χ2n) is 3.99. The minimum Gasteiger partial charge on any atom is -0.185 e. The molecule has 1 aromatic rings. The molecule has 0 aliphatic heterocycles. The number of hydrogen-bond donors (Lipinski definition) is 0. The molecule has 0 N–H and O–H groups in total. The fourth-order valence-corrected chi connectivity index (χ4v) is 1.88. The Bertz CT molecular complexity index is 692. The van der Waals surface area contributed by atoms with Gasteiger partial charge in [-0.05, 0) is 60.7 Å². The van der Waals surface area contributed by atoms with Gasteiger partial charge in [0, 0.05) is 22.5 Å². The van der Waals surface area contributed by atoms with Gasteiger partial charge in [-0.3, -0.25) is 0 Å². The number of thioether (sulfide) groups is 1. The van der Waals surface area contributed by atoms with Crippen LogP contribution in [-0.2, 0) is 0 Å². The van der Waals surface area contributed by atoms with E-state index in [1.807, 2.05) is 48.7 Å². The second kappa shape index (κ2) is 6.55. The lowest BCUT2D eigenvalue weighted by Crippen LogP contribution is -1.78. The lowest BCUT2D eigenvalue weighted by molar-refractivity contribution is 1.37. The highest BCUT2D eigenvalue weighted by atomic mass is 32.2. The normalized spacial score (nSPS) is 12.6. The van der Waals surface area contributed by atoms with Crippen molar-refractivity contribution in [1.82, 2.24) is 0 Å². The van der Waals surface area contributed by atoms with Crippen LogP contribution in [0.3, 0.4) is 0 Å². The highest BCUT2D eigenvalue weighted by Gasteiger charge is 1.94. The first kappa shape index (κ1) is 13.1. The van der Waals surface area contributed by atoms with Crippen molar-refractivity contribution in [3.05, 3.63) is 53.1 Å². The molecule has 2 heteroatoms. The number of nitriles is 1. The molecule has 0 heterocycles. The molecule has 1 aliphatic carbocycles. The third-order valence-electron chi connectivity index (χ3n) is 2.48. The zero-order chi connectivity index (χ0) is 13.5. The molecule has 0 saturated carbocycles. The molecule has 0 atom stereocenters. The third-order valence-corrected chi connectivity index (χ3v) is 3.08. The van der Waals surface area contributed by atoms with Gasteiger partial charge in [-0.15, -0.1) is 0 Å². The van der Waals surface area contributed by atoms with E-state index in [1.54, 1.807) is 0 Å². The summed E-state index contributed by atoms with van der Waals surface area (Å²) in [5, 5.41) is 10.6. The maximum atomic E-state index is 8.57. The molecule has 0 unspecified atom stereocenters. The number of benzene rings is 1. The standard InChI is InChI=1S/C17H11NS/c1-14-3-2-4-15(6-5-14)7-8-16-9-11-17(12-10-16)19-13-18/h5-6,9-12H,4H2,1H3. The van der Waals surface area contributed by atoms with Crippen LogP contribution in [0.25, 0.3) is 0 Å². The van der Waals surface area contributed by atoms with Crippen LogP contribution in [-0.4, -0.2) is 0 Å². The Balaban J connectivity index is 2.13. The summed E-state index contributed by atoms with van der Waals surface area (Å²) in [4.78, 5) is 0.936. The summed E-state index contributed by atoms with van der Waals surface area (Å²) in [5.41, 5.74) is 3.04. The summed E-state index contributed by atoms with van der Waals surface area (Å²) < 4.78 is 0. The van der Waals surface area contributed by atoms with E-state index in [2.05, 4.69) is 23.7 Å². The van der Waals surface area contributed by atoms with Crippen molar-refractivity contribution in [1.29, 1.82) is 5.26 Å². The Morgan fingerprint density at radius 3 is 2.68 bits per heavy atom. The van der Waals surface area contributed by atoms with Crippen LogP contribution in [0.2, 0.25) is 0 Å². The number of thiocyanates is 1. The van der Waals surface area contributed by atoms with Crippen LogP contribution in [0.15, 0.2) is 52.5 Å². The summed E-state index contributed by atoms with van der Waals surface area (Å²) >= 11 is 1.15. The van der Waals surface area contributed by atoms with Gasteiger partial charge in [0.1, 0.15) is 5.40 Å². The molecule has 2 rings (SSSR count). The fourth-order valence-electron chi connectivity index (χ4n) is 1.50. The lowest BCUT2D eigenvalue weighted by Gasteiger charge is -1.93. The van der Waals surface area contributed by atoms with E-state index in [4.69, 9.17) is 5.26 Å². The van der Waals surface area contributed by atoms with Crippen molar-refractivity contribution in [3.8, 4) is 29.1 Å². The van der Waals surface area contributed by atoms with E-state index in [1.165, 1.54) is 0 Å². The summed E-state index contributed by atoms with van der Waals surface area (Å²) in [6.45, 7) is 1.99. The first-order chi connectivity index (χ1) is 9.28. The molecule has 0 radical (unpaired) electrons.